The largest absolute Gasteiger partial charge is 0.378 e. The number of halogens is 2. The highest BCUT2D eigenvalue weighted by Crippen LogP contribution is 2.26. The molecule has 9 heteroatoms. The predicted octanol–water partition coefficient (Wildman–Crippen LogP) is 4.05. The third-order valence-electron chi connectivity index (χ3n) is 4.11. The lowest BCUT2D eigenvalue weighted by atomic mass is 10.1. The van der Waals surface area contributed by atoms with E-state index in [0.717, 1.165) is 30.7 Å². The van der Waals surface area contributed by atoms with Gasteiger partial charge < -0.3 is 9.64 Å². The first-order valence-electron chi connectivity index (χ1n) is 8.82. The molecule has 0 spiro atoms. The van der Waals surface area contributed by atoms with Gasteiger partial charge in [0.25, 0.3) is 0 Å². The second kappa shape index (κ2) is 9.28. The van der Waals surface area contributed by atoms with E-state index in [4.69, 9.17) is 27.9 Å². The number of ether oxygens (including phenoxy) is 1. The van der Waals surface area contributed by atoms with E-state index in [9.17, 15) is 4.79 Å². The zero-order valence-corrected chi connectivity index (χ0v) is 17.6. The summed E-state index contributed by atoms with van der Waals surface area (Å²) in [5, 5.41) is 10.3. The Hall–Kier alpha value is -1.28. The Morgan fingerprint density at radius 2 is 1.96 bits per heavy atom. The van der Waals surface area contributed by atoms with E-state index >= 15 is 0 Å². The van der Waals surface area contributed by atoms with Gasteiger partial charge in [-0.2, -0.15) is 0 Å². The van der Waals surface area contributed by atoms with Crippen molar-refractivity contribution < 1.29 is 9.53 Å². The Morgan fingerprint density at radius 1 is 1.22 bits per heavy atom. The van der Waals surface area contributed by atoms with Crippen molar-refractivity contribution in [3.8, 4) is 0 Å². The second-order valence-corrected chi connectivity index (χ2v) is 8.48. The topological polar surface area (TPSA) is 60.2 Å². The summed E-state index contributed by atoms with van der Waals surface area (Å²) in [7, 11) is 0. The summed E-state index contributed by atoms with van der Waals surface area (Å²) in [6.07, 6.45) is 0. The first-order chi connectivity index (χ1) is 13.0. The highest BCUT2D eigenvalue weighted by atomic mass is 35.5. The number of aromatic nitrogens is 3. The molecular formula is C18H22Cl2N4O2S. The lowest BCUT2D eigenvalue weighted by molar-refractivity contribution is 0.102. The van der Waals surface area contributed by atoms with Crippen LogP contribution >= 0.6 is 35.0 Å². The number of anilines is 1. The number of Topliss-reactive ketones (excluding diaryl/α,β-unsaturated/α-hetero) is 1. The number of rotatable bonds is 7. The van der Waals surface area contributed by atoms with Crippen molar-refractivity contribution in [2.45, 2.75) is 25.5 Å². The van der Waals surface area contributed by atoms with Crippen molar-refractivity contribution in [1.82, 2.24) is 14.8 Å². The molecule has 1 saturated heterocycles. The van der Waals surface area contributed by atoms with Crippen LogP contribution in [0.4, 0.5) is 5.95 Å². The molecule has 0 atom stereocenters. The van der Waals surface area contributed by atoms with Crippen molar-refractivity contribution in [2.24, 2.45) is 5.92 Å². The van der Waals surface area contributed by atoms with Crippen LogP contribution in [-0.4, -0.2) is 52.6 Å². The Morgan fingerprint density at radius 3 is 2.63 bits per heavy atom. The van der Waals surface area contributed by atoms with Gasteiger partial charge in [0.05, 0.1) is 29.0 Å². The molecule has 0 aliphatic carbocycles. The van der Waals surface area contributed by atoms with Gasteiger partial charge in [0.15, 0.2) is 10.9 Å². The molecule has 1 aromatic heterocycles. The average Bonchev–Trinajstić information content (AvgIpc) is 3.04. The van der Waals surface area contributed by atoms with E-state index in [1.54, 1.807) is 18.2 Å². The SMILES string of the molecule is CC(C)Cn1c(SCC(=O)c2ccc(Cl)c(Cl)c2)nnc1N1CCOCC1. The van der Waals surface area contributed by atoms with Gasteiger partial charge in [-0.05, 0) is 24.1 Å². The van der Waals surface area contributed by atoms with Gasteiger partial charge >= 0.3 is 0 Å². The lowest BCUT2D eigenvalue weighted by Crippen LogP contribution is -2.38. The third-order valence-corrected chi connectivity index (χ3v) is 5.82. The number of hydrogen-bond acceptors (Lipinski definition) is 6. The molecule has 0 saturated carbocycles. The second-order valence-electron chi connectivity index (χ2n) is 6.73. The normalized spacial score (nSPS) is 14.8. The number of carbonyl (C=O) groups is 1. The maximum Gasteiger partial charge on any atom is 0.228 e. The monoisotopic (exact) mass is 428 g/mol. The third kappa shape index (κ3) is 5.16. The van der Waals surface area contributed by atoms with Gasteiger partial charge in [-0.1, -0.05) is 48.8 Å². The minimum absolute atomic E-state index is 0.0226. The average molecular weight is 429 g/mol. The first-order valence-corrected chi connectivity index (χ1v) is 10.6. The smallest absolute Gasteiger partial charge is 0.228 e. The lowest BCUT2D eigenvalue weighted by Gasteiger charge is -2.28. The van der Waals surface area contributed by atoms with Crippen molar-refractivity contribution in [2.75, 3.05) is 37.0 Å². The van der Waals surface area contributed by atoms with Gasteiger partial charge in [-0.15, -0.1) is 10.2 Å². The molecule has 0 amide bonds. The van der Waals surface area contributed by atoms with Gasteiger partial charge in [-0.25, -0.2) is 0 Å². The molecule has 0 bridgehead atoms. The highest BCUT2D eigenvalue weighted by molar-refractivity contribution is 7.99. The number of thioether (sulfide) groups is 1. The zero-order valence-electron chi connectivity index (χ0n) is 15.3. The minimum atomic E-state index is -0.0226. The van der Waals surface area contributed by atoms with Crippen molar-refractivity contribution >= 4 is 46.7 Å². The molecule has 6 nitrogen and oxygen atoms in total. The molecule has 27 heavy (non-hydrogen) atoms. The van der Waals surface area contributed by atoms with Gasteiger partial charge in [0.2, 0.25) is 5.95 Å². The molecule has 1 aliphatic rings. The minimum Gasteiger partial charge on any atom is -0.378 e. The van der Waals surface area contributed by atoms with Crippen LogP contribution in [0.1, 0.15) is 24.2 Å². The molecule has 146 valence electrons. The van der Waals surface area contributed by atoms with Crippen LogP contribution < -0.4 is 4.90 Å². The Kier molecular flexibility index (Phi) is 7.03. The fourth-order valence-electron chi connectivity index (χ4n) is 2.79. The summed E-state index contributed by atoms with van der Waals surface area (Å²) in [5.41, 5.74) is 0.542. The summed E-state index contributed by atoms with van der Waals surface area (Å²) >= 11 is 13.3. The Bertz CT molecular complexity index is 807. The molecule has 2 aromatic rings. The number of ketones is 1. The van der Waals surface area contributed by atoms with Gasteiger partial charge in [-0.3, -0.25) is 9.36 Å². The van der Waals surface area contributed by atoms with Crippen molar-refractivity contribution in [1.29, 1.82) is 0 Å². The van der Waals surface area contributed by atoms with E-state index in [0.29, 0.717) is 34.7 Å². The zero-order chi connectivity index (χ0) is 19.4. The highest BCUT2D eigenvalue weighted by Gasteiger charge is 2.22. The predicted molar refractivity (Wildman–Crippen MR) is 109 cm³/mol. The van der Waals surface area contributed by atoms with Crippen LogP contribution in [0.15, 0.2) is 23.4 Å². The molecule has 0 N–H and O–H groups in total. The molecule has 1 aromatic carbocycles. The summed E-state index contributed by atoms with van der Waals surface area (Å²) in [5.74, 6) is 1.52. The maximum atomic E-state index is 12.5. The van der Waals surface area contributed by atoms with Crippen molar-refractivity contribution in [3.63, 3.8) is 0 Å². The molecule has 1 aliphatic heterocycles. The van der Waals surface area contributed by atoms with E-state index in [-0.39, 0.29) is 11.5 Å². The molecular weight excluding hydrogens is 407 g/mol. The fraction of sp³-hybridized carbons (Fsp3) is 0.500. The van der Waals surface area contributed by atoms with E-state index < -0.39 is 0 Å². The van der Waals surface area contributed by atoms with Crippen LogP contribution in [-0.2, 0) is 11.3 Å². The van der Waals surface area contributed by atoms with Gasteiger partial charge in [0.1, 0.15) is 0 Å². The Balaban J connectivity index is 1.74. The van der Waals surface area contributed by atoms with Crippen molar-refractivity contribution in [3.05, 3.63) is 33.8 Å². The van der Waals surface area contributed by atoms with Crippen LogP contribution in [0.3, 0.4) is 0 Å². The van der Waals surface area contributed by atoms with Gasteiger partial charge in [0, 0.05) is 25.2 Å². The number of benzene rings is 1. The van der Waals surface area contributed by atoms with E-state index in [1.807, 2.05) is 0 Å². The number of carbonyl (C=O) groups excluding carboxylic acids is 1. The summed E-state index contributed by atoms with van der Waals surface area (Å²) in [6.45, 7) is 8.06. The maximum absolute atomic E-state index is 12.5. The van der Waals surface area contributed by atoms with Crippen LogP contribution in [0, 0.1) is 5.92 Å². The van der Waals surface area contributed by atoms with Crippen LogP contribution in [0.2, 0.25) is 10.0 Å². The van der Waals surface area contributed by atoms with Crippen LogP contribution in [0.5, 0.6) is 0 Å². The summed E-state index contributed by atoms with van der Waals surface area (Å²) in [6, 6.07) is 4.93. The van der Waals surface area contributed by atoms with Crippen LogP contribution in [0.25, 0.3) is 0 Å². The van der Waals surface area contributed by atoms with E-state index in [1.165, 1.54) is 11.8 Å². The number of hydrogen-bond donors (Lipinski definition) is 0. The summed E-state index contributed by atoms with van der Waals surface area (Å²) in [4.78, 5) is 14.7. The molecule has 1 fully saturated rings. The molecule has 0 unspecified atom stereocenters. The summed E-state index contributed by atoms with van der Waals surface area (Å²) < 4.78 is 7.53. The standard InChI is InChI=1S/C18H22Cl2N4O2S/c1-12(2)10-24-17(23-5-7-26-8-6-23)21-22-18(24)27-11-16(25)13-3-4-14(19)15(20)9-13/h3-4,9,12H,5-8,10-11H2,1-2H3. The quantitative estimate of drug-likeness (QED) is 0.489. The fourth-order valence-corrected chi connectivity index (χ4v) is 3.93. The van der Waals surface area contributed by atoms with E-state index in [2.05, 4.69) is 33.5 Å². The number of nitrogens with zero attached hydrogens (tertiary/aromatic N) is 4. The number of morpholine rings is 1. The molecule has 2 heterocycles. The molecule has 0 radical (unpaired) electrons. The Labute approximate surface area is 173 Å². The molecule has 3 rings (SSSR count). The first kappa shape index (κ1) is 20.5.